The van der Waals surface area contributed by atoms with Gasteiger partial charge in [-0.3, -0.25) is 4.79 Å². The number of hydrogen-bond donors (Lipinski definition) is 0. The maximum absolute atomic E-state index is 13.2. The normalized spacial score (nSPS) is 15.4. The zero-order valence-electron chi connectivity index (χ0n) is 15.1. The number of carbonyl (C=O) groups excluding carboxylic acids is 1. The minimum absolute atomic E-state index is 0.114. The van der Waals surface area contributed by atoms with Gasteiger partial charge in [-0.15, -0.1) is 0 Å². The number of nitrogens with zero attached hydrogens (tertiary/aromatic N) is 3. The summed E-state index contributed by atoms with van der Waals surface area (Å²) >= 11 is 0. The third kappa shape index (κ3) is 3.79. The van der Waals surface area contributed by atoms with Crippen LogP contribution >= 0.6 is 0 Å². The van der Waals surface area contributed by atoms with Crippen molar-refractivity contribution in [3.63, 3.8) is 0 Å². The molecular formula is C21H21N3O3. The minimum atomic E-state index is -0.677. The lowest BCUT2D eigenvalue weighted by molar-refractivity contribution is -0.142. The molecule has 1 aliphatic heterocycles. The SMILES string of the molecule is Cn1ccnc1CN(Cc1ccccc1)C(=O)C1COc2ccccc2O1. The lowest BCUT2D eigenvalue weighted by Crippen LogP contribution is -2.46. The summed E-state index contributed by atoms with van der Waals surface area (Å²) in [5.41, 5.74) is 1.05. The number of fused-ring (bicyclic) bond motifs is 1. The van der Waals surface area contributed by atoms with Gasteiger partial charge in [0, 0.05) is 26.0 Å². The molecule has 0 saturated carbocycles. The second-order valence-corrected chi connectivity index (χ2v) is 6.50. The molecule has 1 amide bonds. The summed E-state index contributed by atoms with van der Waals surface area (Å²) in [6, 6.07) is 17.3. The van der Waals surface area contributed by atoms with E-state index in [2.05, 4.69) is 4.98 Å². The predicted molar refractivity (Wildman–Crippen MR) is 100 cm³/mol. The van der Waals surface area contributed by atoms with Crippen molar-refractivity contribution in [2.75, 3.05) is 6.61 Å². The topological polar surface area (TPSA) is 56.6 Å². The van der Waals surface area contributed by atoms with Crippen molar-refractivity contribution < 1.29 is 14.3 Å². The second kappa shape index (κ2) is 7.53. The van der Waals surface area contributed by atoms with Crippen LogP contribution in [-0.2, 0) is 24.9 Å². The molecule has 1 atom stereocenters. The molecule has 0 saturated heterocycles. The van der Waals surface area contributed by atoms with Crippen molar-refractivity contribution in [1.29, 1.82) is 0 Å². The molecule has 0 radical (unpaired) electrons. The average Bonchev–Trinajstić information content (AvgIpc) is 3.12. The first-order valence-electron chi connectivity index (χ1n) is 8.88. The van der Waals surface area contributed by atoms with Crippen molar-refractivity contribution in [3.8, 4) is 11.5 Å². The van der Waals surface area contributed by atoms with Crippen molar-refractivity contribution in [2.45, 2.75) is 19.2 Å². The number of para-hydroxylation sites is 2. The molecule has 0 spiro atoms. The summed E-state index contributed by atoms with van der Waals surface area (Å²) in [6.45, 7) is 1.08. The van der Waals surface area contributed by atoms with Crippen LogP contribution in [0.1, 0.15) is 11.4 Å². The molecule has 3 aromatic rings. The van der Waals surface area contributed by atoms with Gasteiger partial charge in [0.15, 0.2) is 11.5 Å². The lowest BCUT2D eigenvalue weighted by atomic mass is 10.2. The van der Waals surface area contributed by atoms with Gasteiger partial charge >= 0.3 is 0 Å². The van der Waals surface area contributed by atoms with E-state index in [1.165, 1.54) is 0 Å². The van der Waals surface area contributed by atoms with Gasteiger partial charge in [0.1, 0.15) is 12.4 Å². The van der Waals surface area contributed by atoms with Crippen molar-refractivity contribution in [3.05, 3.63) is 78.4 Å². The molecule has 138 valence electrons. The summed E-state index contributed by atoms with van der Waals surface area (Å²) < 4.78 is 13.6. The maximum Gasteiger partial charge on any atom is 0.267 e. The average molecular weight is 363 g/mol. The van der Waals surface area contributed by atoms with E-state index in [0.717, 1.165) is 11.4 Å². The third-order valence-electron chi connectivity index (χ3n) is 4.57. The Hall–Kier alpha value is -3.28. The molecule has 2 heterocycles. The van der Waals surface area contributed by atoms with Gasteiger partial charge in [-0.2, -0.15) is 0 Å². The summed E-state index contributed by atoms with van der Waals surface area (Å²) in [5, 5.41) is 0. The first-order valence-corrected chi connectivity index (χ1v) is 8.88. The quantitative estimate of drug-likeness (QED) is 0.699. The number of amides is 1. The molecule has 6 nitrogen and oxygen atoms in total. The van der Waals surface area contributed by atoms with E-state index >= 15 is 0 Å². The van der Waals surface area contributed by atoms with E-state index in [1.54, 1.807) is 11.1 Å². The number of ether oxygens (including phenoxy) is 2. The summed E-state index contributed by atoms with van der Waals surface area (Å²) in [5.74, 6) is 1.96. The Kier molecular flexibility index (Phi) is 4.78. The van der Waals surface area contributed by atoms with Crippen molar-refractivity contribution >= 4 is 5.91 Å². The highest BCUT2D eigenvalue weighted by Crippen LogP contribution is 2.31. The van der Waals surface area contributed by atoms with Crippen LogP contribution in [-0.4, -0.2) is 33.1 Å². The van der Waals surface area contributed by atoms with E-state index in [4.69, 9.17) is 9.47 Å². The molecule has 6 heteroatoms. The van der Waals surface area contributed by atoms with Crippen molar-refractivity contribution in [2.24, 2.45) is 7.05 Å². The Morgan fingerprint density at radius 1 is 1.11 bits per heavy atom. The fourth-order valence-corrected chi connectivity index (χ4v) is 3.08. The van der Waals surface area contributed by atoms with Crippen LogP contribution < -0.4 is 9.47 Å². The van der Waals surface area contributed by atoms with Gasteiger partial charge in [-0.1, -0.05) is 42.5 Å². The maximum atomic E-state index is 13.2. The highest BCUT2D eigenvalue weighted by atomic mass is 16.6. The van der Waals surface area contributed by atoms with E-state index in [1.807, 2.05) is 72.4 Å². The smallest absolute Gasteiger partial charge is 0.267 e. The predicted octanol–water partition coefficient (Wildman–Crippen LogP) is 2.79. The fraction of sp³-hybridized carbons (Fsp3) is 0.238. The van der Waals surface area contributed by atoms with E-state index < -0.39 is 6.10 Å². The Bertz CT molecular complexity index is 923. The molecule has 1 aromatic heterocycles. The summed E-state index contributed by atoms with van der Waals surface area (Å²) in [4.78, 5) is 19.4. The molecule has 2 aromatic carbocycles. The summed E-state index contributed by atoms with van der Waals surface area (Å²) in [7, 11) is 1.92. The number of aryl methyl sites for hydroxylation is 1. The van der Waals surface area contributed by atoms with Crippen LogP contribution in [0.5, 0.6) is 11.5 Å². The molecule has 0 fully saturated rings. The third-order valence-corrected chi connectivity index (χ3v) is 4.57. The van der Waals surface area contributed by atoms with Gasteiger partial charge in [-0.25, -0.2) is 4.98 Å². The van der Waals surface area contributed by atoms with Crippen LogP contribution in [0.3, 0.4) is 0 Å². The molecule has 4 rings (SSSR count). The second-order valence-electron chi connectivity index (χ2n) is 6.50. The molecule has 0 bridgehead atoms. The number of hydrogen-bond acceptors (Lipinski definition) is 4. The van der Waals surface area contributed by atoms with Crippen molar-refractivity contribution in [1.82, 2.24) is 14.5 Å². The standard InChI is InChI=1S/C21H21N3O3/c1-23-12-11-22-20(23)14-24(13-16-7-3-2-4-8-16)21(25)19-15-26-17-9-5-6-10-18(17)27-19/h2-12,19H,13-15H2,1H3. The van der Waals surface area contributed by atoms with Crippen LogP contribution in [0.15, 0.2) is 67.0 Å². The Balaban J connectivity index is 1.56. The largest absolute Gasteiger partial charge is 0.485 e. The van der Waals surface area contributed by atoms with E-state index in [-0.39, 0.29) is 12.5 Å². The van der Waals surface area contributed by atoms with Crippen LogP contribution in [0.25, 0.3) is 0 Å². The van der Waals surface area contributed by atoms with Crippen LogP contribution in [0, 0.1) is 0 Å². The van der Waals surface area contributed by atoms with E-state index in [0.29, 0.717) is 24.6 Å². The molecule has 1 unspecified atom stereocenters. The molecule has 27 heavy (non-hydrogen) atoms. The van der Waals surface area contributed by atoms with Crippen LogP contribution in [0.2, 0.25) is 0 Å². The molecule has 0 N–H and O–H groups in total. The number of aromatic nitrogens is 2. The van der Waals surface area contributed by atoms with Gasteiger partial charge < -0.3 is 18.9 Å². The number of rotatable bonds is 5. The molecule has 1 aliphatic rings. The molecule has 0 aliphatic carbocycles. The Morgan fingerprint density at radius 2 is 1.85 bits per heavy atom. The summed E-state index contributed by atoms with van der Waals surface area (Å²) in [6.07, 6.45) is 2.93. The van der Waals surface area contributed by atoms with Crippen LogP contribution in [0.4, 0.5) is 0 Å². The number of benzene rings is 2. The van der Waals surface area contributed by atoms with Gasteiger partial charge in [-0.05, 0) is 17.7 Å². The number of carbonyl (C=O) groups is 1. The first-order chi connectivity index (χ1) is 13.2. The first kappa shape index (κ1) is 17.1. The Morgan fingerprint density at radius 3 is 2.59 bits per heavy atom. The van der Waals surface area contributed by atoms with E-state index in [9.17, 15) is 4.79 Å². The monoisotopic (exact) mass is 363 g/mol. The number of imidazole rings is 1. The van der Waals surface area contributed by atoms with Gasteiger partial charge in [0.2, 0.25) is 6.10 Å². The zero-order chi connectivity index (χ0) is 18.6. The highest BCUT2D eigenvalue weighted by Gasteiger charge is 2.31. The Labute approximate surface area is 158 Å². The lowest BCUT2D eigenvalue weighted by Gasteiger charge is -2.30. The molecular weight excluding hydrogens is 342 g/mol. The minimum Gasteiger partial charge on any atom is -0.485 e. The zero-order valence-corrected chi connectivity index (χ0v) is 15.1. The fourth-order valence-electron chi connectivity index (χ4n) is 3.08. The highest BCUT2D eigenvalue weighted by molar-refractivity contribution is 5.82. The van der Waals surface area contributed by atoms with Gasteiger partial charge in [0.05, 0.1) is 6.54 Å². The van der Waals surface area contributed by atoms with Gasteiger partial charge in [0.25, 0.3) is 5.91 Å².